The monoisotopic (exact) mass is 374 g/mol. The van der Waals surface area contributed by atoms with Crippen LogP contribution in [0.3, 0.4) is 0 Å². The minimum atomic E-state index is -0.117. The molecule has 2 aromatic rings. The van der Waals surface area contributed by atoms with Crippen molar-refractivity contribution >= 4 is 17.5 Å². The summed E-state index contributed by atoms with van der Waals surface area (Å²) >= 11 is 6.11. The molecule has 0 bridgehead atoms. The highest BCUT2D eigenvalue weighted by atomic mass is 35.5. The van der Waals surface area contributed by atoms with Crippen LogP contribution in [0.5, 0.6) is 5.75 Å². The lowest BCUT2D eigenvalue weighted by molar-refractivity contribution is 0.0782. The molecule has 6 heteroatoms. The Morgan fingerprint density at radius 3 is 2.69 bits per heavy atom. The van der Waals surface area contributed by atoms with Crippen LogP contribution >= 0.6 is 11.6 Å². The fraction of sp³-hybridized carbons (Fsp3) is 0.350. The van der Waals surface area contributed by atoms with Gasteiger partial charge in [0.15, 0.2) is 0 Å². The zero-order valence-corrected chi connectivity index (χ0v) is 15.5. The number of likely N-dealkylation sites (tertiary alicyclic amines) is 1. The van der Waals surface area contributed by atoms with Crippen molar-refractivity contribution in [3.05, 3.63) is 64.7 Å². The third-order valence-corrected chi connectivity index (χ3v) is 4.83. The summed E-state index contributed by atoms with van der Waals surface area (Å²) < 4.78 is 10.7. The fourth-order valence-electron chi connectivity index (χ4n) is 3.25. The Bertz CT molecular complexity index is 754. The number of methoxy groups -OCH3 is 1. The first-order chi connectivity index (χ1) is 12.6. The van der Waals surface area contributed by atoms with Gasteiger partial charge < -0.3 is 20.1 Å². The molecule has 138 valence electrons. The van der Waals surface area contributed by atoms with Crippen molar-refractivity contribution in [2.75, 3.05) is 33.4 Å². The third-order valence-electron chi connectivity index (χ3n) is 4.60. The lowest BCUT2D eigenvalue weighted by Gasteiger charge is -2.19. The molecule has 0 aliphatic carbocycles. The van der Waals surface area contributed by atoms with E-state index in [4.69, 9.17) is 26.8 Å². The van der Waals surface area contributed by atoms with E-state index in [9.17, 15) is 4.79 Å². The lowest BCUT2D eigenvalue weighted by atomic mass is 9.95. The Labute approximate surface area is 158 Å². The molecule has 0 unspecified atom stereocenters. The largest absolute Gasteiger partial charge is 0.490 e. The number of hydrogen-bond acceptors (Lipinski definition) is 4. The van der Waals surface area contributed by atoms with Gasteiger partial charge in [-0.3, -0.25) is 4.79 Å². The summed E-state index contributed by atoms with van der Waals surface area (Å²) in [6.07, 6.45) is 0. The molecule has 2 N–H and O–H groups in total. The topological polar surface area (TPSA) is 64.8 Å². The predicted molar refractivity (Wildman–Crippen MR) is 102 cm³/mol. The van der Waals surface area contributed by atoms with Crippen LogP contribution in [0.25, 0.3) is 0 Å². The van der Waals surface area contributed by atoms with Gasteiger partial charge in [0.1, 0.15) is 12.4 Å². The summed E-state index contributed by atoms with van der Waals surface area (Å²) in [5, 5.41) is 0.496. The molecule has 1 heterocycles. The van der Waals surface area contributed by atoms with Crippen LogP contribution in [0.15, 0.2) is 48.5 Å². The van der Waals surface area contributed by atoms with Gasteiger partial charge >= 0.3 is 0 Å². The maximum absolute atomic E-state index is 13.1. The van der Waals surface area contributed by atoms with Gasteiger partial charge in [-0.25, -0.2) is 0 Å². The van der Waals surface area contributed by atoms with Crippen molar-refractivity contribution in [2.45, 2.75) is 12.0 Å². The molecule has 0 spiro atoms. The van der Waals surface area contributed by atoms with E-state index in [-0.39, 0.29) is 17.9 Å². The fourth-order valence-corrected chi connectivity index (χ4v) is 3.42. The molecule has 2 aromatic carbocycles. The second kappa shape index (κ2) is 8.54. The molecule has 1 aliphatic heterocycles. The standard InChI is InChI=1S/C20H23ClN2O3/c1-25-9-10-26-19-8-7-15(21)11-16(19)20(24)23-12-17(18(22)13-23)14-5-3-2-4-6-14/h2-8,11,17-18H,9-10,12-13,22H2,1H3/t17-,18+/m0/s1. The van der Waals surface area contributed by atoms with Gasteiger partial charge in [-0.1, -0.05) is 41.9 Å². The molecule has 0 aromatic heterocycles. The van der Waals surface area contributed by atoms with Gasteiger partial charge in [-0.15, -0.1) is 0 Å². The molecule has 1 amide bonds. The molecule has 2 atom stereocenters. The summed E-state index contributed by atoms with van der Waals surface area (Å²) in [6, 6.07) is 15.0. The molecular formula is C20H23ClN2O3. The van der Waals surface area contributed by atoms with Crippen LogP contribution in [0.4, 0.5) is 0 Å². The Morgan fingerprint density at radius 1 is 1.19 bits per heavy atom. The number of nitrogens with zero attached hydrogens (tertiary/aromatic N) is 1. The number of amides is 1. The van der Waals surface area contributed by atoms with Crippen molar-refractivity contribution in [2.24, 2.45) is 5.73 Å². The van der Waals surface area contributed by atoms with E-state index in [0.29, 0.717) is 42.6 Å². The van der Waals surface area contributed by atoms with E-state index in [1.807, 2.05) is 18.2 Å². The van der Waals surface area contributed by atoms with E-state index in [2.05, 4.69) is 12.1 Å². The van der Waals surface area contributed by atoms with Gasteiger partial charge in [0, 0.05) is 37.2 Å². The SMILES string of the molecule is COCCOc1ccc(Cl)cc1C(=O)N1C[C@@H](N)[C@H](c2ccccc2)C1. The van der Waals surface area contributed by atoms with Crippen molar-refractivity contribution < 1.29 is 14.3 Å². The normalized spacial score (nSPS) is 19.6. The van der Waals surface area contributed by atoms with Crippen molar-refractivity contribution in [3.8, 4) is 5.75 Å². The highest BCUT2D eigenvalue weighted by Gasteiger charge is 2.35. The van der Waals surface area contributed by atoms with Crippen LogP contribution in [-0.4, -0.2) is 50.3 Å². The highest BCUT2D eigenvalue weighted by molar-refractivity contribution is 6.31. The predicted octanol–water partition coefficient (Wildman–Crippen LogP) is 2.93. The molecule has 0 saturated carbocycles. The second-order valence-electron chi connectivity index (χ2n) is 6.37. The number of benzene rings is 2. The summed E-state index contributed by atoms with van der Waals surface area (Å²) in [7, 11) is 1.60. The Balaban J connectivity index is 1.78. The van der Waals surface area contributed by atoms with Gasteiger partial charge in [0.2, 0.25) is 0 Å². The number of rotatable bonds is 6. The zero-order chi connectivity index (χ0) is 18.5. The number of carbonyl (C=O) groups is 1. The van der Waals surface area contributed by atoms with Crippen LogP contribution in [0.1, 0.15) is 21.8 Å². The number of carbonyl (C=O) groups excluding carboxylic acids is 1. The Morgan fingerprint density at radius 2 is 1.96 bits per heavy atom. The van der Waals surface area contributed by atoms with Crippen LogP contribution in [0.2, 0.25) is 5.02 Å². The first-order valence-corrected chi connectivity index (χ1v) is 8.99. The van der Waals surface area contributed by atoms with E-state index < -0.39 is 0 Å². The maximum atomic E-state index is 13.1. The Kier molecular flexibility index (Phi) is 6.14. The summed E-state index contributed by atoms with van der Waals surface area (Å²) in [5.74, 6) is 0.513. The maximum Gasteiger partial charge on any atom is 0.257 e. The summed E-state index contributed by atoms with van der Waals surface area (Å²) in [4.78, 5) is 14.9. The number of hydrogen-bond donors (Lipinski definition) is 1. The first kappa shape index (κ1) is 18.7. The minimum absolute atomic E-state index is 0.0987. The van der Waals surface area contributed by atoms with Crippen LogP contribution in [-0.2, 0) is 4.74 Å². The van der Waals surface area contributed by atoms with Gasteiger partial charge in [-0.2, -0.15) is 0 Å². The average Bonchev–Trinajstić information content (AvgIpc) is 3.05. The highest BCUT2D eigenvalue weighted by Crippen LogP contribution is 2.30. The third kappa shape index (κ3) is 4.18. The Hall–Kier alpha value is -2.08. The zero-order valence-electron chi connectivity index (χ0n) is 14.7. The first-order valence-electron chi connectivity index (χ1n) is 8.61. The molecule has 5 nitrogen and oxygen atoms in total. The van der Waals surface area contributed by atoms with Gasteiger partial charge in [-0.05, 0) is 23.8 Å². The minimum Gasteiger partial charge on any atom is -0.490 e. The van der Waals surface area contributed by atoms with E-state index in [0.717, 1.165) is 5.56 Å². The molecule has 1 fully saturated rings. The molecule has 1 saturated heterocycles. The van der Waals surface area contributed by atoms with Gasteiger partial charge in [0.05, 0.1) is 12.2 Å². The van der Waals surface area contributed by atoms with Crippen LogP contribution in [0, 0.1) is 0 Å². The molecule has 26 heavy (non-hydrogen) atoms. The average molecular weight is 375 g/mol. The quantitative estimate of drug-likeness (QED) is 0.789. The van der Waals surface area contributed by atoms with Crippen molar-refractivity contribution in [1.82, 2.24) is 4.90 Å². The summed E-state index contributed by atoms with van der Waals surface area (Å²) in [6.45, 7) is 1.89. The second-order valence-corrected chi connectivity index (χ2v) is 6.81. The van der Waals surface area contributed by atoms with E-state index in [1.165, 1.54) is 0 Å². The summed E-state index contributed by atoms with van der Waals surface area (Å²) in [5.41, 5.74) is 7.92. The van der Waals surface area contributed by atoms with E-state index >= 15 is 0 Å². The molecular weight excluding hydrogens is 352 g/mol. The van der Waals surface area contributed by atoms with Gasteiger partial charge in [0.25, 0.3) is 5.91 Å². The van der Waals surface area contributed by atoms with Crippen molar-refractivity contribution in [1.29, 1.82) is 0 Å². The van der Waals surface area contributed by atoms with E-state index in [1.54, 1.807) is 30.2 Å². The number of halogens is 1. The molecule has 0 radical (unpaired) electrons. The van der Waals surface area contributed by atoms with Crippen molar-refractivity contribution in [3.63, 3.8) is 0 Å². The molecule has 3 rings (SSSR count). The van der Waals surface area contributed by atoms with Crippen LogP contribution < -0.4 is 10.5 Å². The lowest BCUT2D eigenvalue weighted by Crippen LogP contribution is -2.32. The number of nitrogens with two attached hydrogens (primary N) is 1. The smallest absolute Gasteiger partial charge is 0.257 e. The number of ether oxygens (including phenoxy) is 2. The molecule has 1 aliphatic rings.